The molecule has 0 radical (unpaired) electrons. The lowest BCUT2D eigenvalue weighted by molar-refractivity contribution is 0.502. The Morgan fingerprint density at radius 1 is 0.842 bits per heavy atom. The van der Waals surface area contributed by atoms with E-state index in [2.05, 4.69) is 89.9 Å². The van der Waals surface area contributed by atoms with Crippen LogP contribution in [0.15, 0.2) is 83.9 Å². The van der Waals surface area contributed by atoms with E-state index in [9.17, 15) is 4.79 Å². The van der Waals surface area contributed by atoms with Crippen molar-refractivity contribution in [3.8, 4) is 22.5 Å². The van der Waals surface area contributed by atoms with Gasteiger partial charge in [0.2, 0.25) is 0 Å². The third kappa shape index (κ3) is 4.96. The maximum atomic E-state index is 13.6. The maximum Gasteiger partial charge on any atom is 0.329 e. The zero-order valence-electron chi connectivity index (χ0n) is 22.3. The molecule has 1 atom stereocenters. The van der Waals surface area contributed by atoms with E-state index >= 15 is 0 Å². The number of rotatable bonds is 10. The molecule has 2 heterocycles. The average Bonchev–Trinajstić information content (AvgIpc) is 3.62. The fourth-order valence-electron chi connectivity index (χ4n) is 5.39. The summed E-state index contributed by atoms with van der Waals surface area (Å²) in [5.41, 5.74) is 8.15. The third-order valence-electron chi connectivity index (χ3n) is 7.30. The van der Waals surface area contributed by atoms with Crippen LogP contribution in [-0.2, 0) is 19.4 Å². The van der Waals surface area contributed by atoms with Crippen molar-refractivity contribution in [1.29, 1.82) is 0 Å². The summed E-state index contributed by atoms with van der Waals surface area (Å²) in [5.74, 6) is 0.634. The zero-order chi connectivity index (χ0) is 26.5. The molecule has 0 aliphatic heterocycles. The van der Waals surface area contributed by atoms with Gasteiger partial charge in [-0.1, -0.05) is 93.9 Å². The van der Waals surface area contributed by atoms with Gasteiger partial charge in [-0.25, -0.2) is 9.89 Å². The van der Waals surface area contributed by atoms with Crippen molar-refractivity contribution in [3.63, 3.8) is 0 Å². The number of H-pyrrole nitrogens is 1. The number of nitrogens with one attached hydrogen (secondary N) is 1. The summed E-state index contributed by atoms with van der Waals surface area (Å²) in [4.78, 5) is 13.6. The summed E-state index contributed by atoms with van der Waals surface area (Å²) in [6.45, 7) is 7.10. The molecule has 7 heteroatoms. The van der Waals surface area contributed by atoms with Crippen LogP contribution >= 0.6 is 0 Å². The molecule has 0 spiro atoms. The van der Waals surface area contributed by atoms with Crippen molar-refractivity contribution in [2.75, 3.05) is 0 Å². The summed E-state index contributed by atoms with van der Waals surface area (Å²) >= 11 is 0. The van der Waals surface area contributed by atoms with Crippen molar-refractivity contribution in [1.82, 2.24) is 29.8 Å². The molecule has 0 saturated heterocycles. The number of aromatic nitrogens is 6. The molecule has 194 valence electrons. The molecule has 2 aromatic heterocycles. The molecule has 3 aromatic carbocycles. The Morgan fingerprint density at radius 3 is 2.18 bits per heavy atom. The predicted octanol–water partition coefficient (Wildman–Crippen LogP) is 6.06. The van der Waals surface area contributed by atoms with Crippen LogP contribution in [0.5, 0.6) is 0 Å². The Morgan fingerprint density at radius 2 is 1.55 bits per heavy atom. The Hall–Kier alpha value is -4.26. The van der Waals surface area contributed by atoms with E-state index in [1.165, 1.54) is 16.7 Å². The second-order valence-corrected chi connectivity index (χ2v) is 9.61. The number of tetrazole rings is 1. The predicted molar refractivity (Wildman–Crippen MR) is 151 cm³/mol. The van der Waals surface area contributed by atoms with Gasteiger partial charge in [0.1, 0.15) is 0 Å². The first-order valence-electron chi connectivity index (χ1n) is 13.4. The Kier molecular flexibility index (Phi) is 7.63. The van der Waals surface area contributed by atoms with Crippen molar-refractivity contribution < 1.29 is 0 Å². The first kappa shape index (κ1) is 25.4. The Bertz CT molecular complexity index is 1520. The molecule has 5 rings (SSSR count). The molecule has 0 aliphatic rings. The highest BCUT2D eigenvalue weighted by Gasteiger charge is 2.21. The smallest absolute Gasteiger partial charge is 0.295 e. The lowest BCUT2D eigenvalue weighted by Gasteiger charge is -2.24. The van der Waals surface area contributed by atoms with Crippen LogP contribution in [0.3, 0.4) is 0 Å². The number of hydrogen-bond acceptors (Lipinski definition) is 4. The van der Waals surface area contributed by atoms with Gasteiger partial charge in [0, 0.05) is 18.0 Å². The van der Waals surface area contributed by atoms with Gasteiger partial charge in [-0.15, -0.1) is 5.10 Å². The quantitative estimate of drug-likeness (QED) is 0.250. The van der Waals surface area contributed by atoms with E-state index in [4.69, 9.17) is 0 Å². The van der Waals surface area contributed by atoms with Crippen LogP contribution in [0.25, 0.3) is 22.5 Å². The van der Waals surface area contributed by atoms with E-state index < -0.39 is 0 Å². The van der Waals surface area contributed by atoms with Crippen molar-refractivity contribution in [2.45, 2.75) is 59.0 Å². The van der Waals surface area contributed by atoms with E-state index in [0.717, 1.165) is 47.9 Å². The van der Waals surface area contributed by atoms with Crippen molar-refractivity contribution >= 4 is 0 Å². The number of imidazole rings is 1. The van der Waals surface area contributed by atoms with Crippen LogP contribution in [0.1, 0.15) is 61.9 Å². The molecule has 0 fully saturated rings. The first-order chi connectivity index (χ1) is 18.6. The van der Waals surface area contributed by atoms with Crippen molar-refractivity contribution in [2.24, 2.45) is 0 Å². The topological polar surface area (TPSA) is 81.4 Å². The summed E-state index contributed by atoms with van der Waals surface area (Å²) in [7, 11) is 0. The lowest BCUT2D eigenvalue weighted by atomic mass is 9.89. The molecule has 0 saturated carbocycles. The van der Waals surface area contributed by atoms with Gasteiger partial charge in [0.25, 0.3) is 0 Å². The van der Waals surface area contributed by atoms with Gasteiger partial charge in [-0.05, 0) is 63.1 Å². The molecule has 1 N–H and O–H groups in total. The minimum Gasteiger partial charge on any atom is -0.295 e. The summed E-state index contributed by atoms with van der Waals surface area (Å²) in [6, 6.07) is 23.0. The molecule has 38 heavy (non-hydrogen) atoms. The van der Waals surface area contributed by atoms with Gasteiger partial charge < -0.3 is 0 Å². The van der Waals surface area contributed by atoms with E-state index in [0.29, 0.717) is 12.4 Å². The van der Waals surface area contributed by atoms with Crippen LogP contribution < -0.4 is 5.69 Å². The normalized spacial score (nSPS) is 12.1. The van der Waals surface area contributed by atoms with Crippen LogP contribution in [-0.4, -0.2) is 29.8 Å². The van der Waals surface area contributed by atoms with Crippen LogP contribution in [0, 0.1) is 0 Å². The second-order valence-electron chi connectivity index (χ2n) is 9.61. The maximum absolute atomic E-state index is 13.6. The number of hydrogen-bond donors (Lipinski definition) is 1. The standard InChI is InChI=1S/C31H34N6O/c1-4-10-28(29-23(5-2)11-9-12-24(29)6-3)37-20-19-36(31(37)38)21-22-15-17-25(18-16-22)26-13-7-8-14-27(26)30-32-34-35-33-30/h7-9,11-20,28H,4-6,10,21H2,1-3H3,(H,32,33,34,35). The van der Waals surface area contributed by atoms with E-state index in [1.807, 2.05) is 39.7 Å². The highest BCUT2D eigenvalue weighted by Crippen LogP contribution is 2.31. The number of nitrogens with zero attached hydrogens (tertiary/aromatic N) is 5. The summed E-state index contributed by atoms with van der Waals surface area (Å²) < 4.78 is 3.75. The minimum atomic E-state index is 0.0312. The Labute approximate surface area is 223 Å². The SMILES string of the molecule is CCCC(c1c(CC)cccc1CC)n1ccn(Cc2ccc(-c3ccccc3-c3nnn[nH]3)cc2)c1=O. The monoisotopic (exact) mass is 506 g/mol. The molecule has 0 bridgehead atoms. The first-order valence-corrected chi connectivity index (χ1v) is 13.4. The van der Waals surface area contributed by atoms with E-state index in [1.54, 1.807) is 0 Å². The van der Waals surface area contributed by atoms with Gasteiger partial charge in [0.15, 0.2) is 5.82 Å². The van der Waals surface area contributed by atoms with Gasteiger partial charge in [-0.3, -0.25) is 9.13 Å². The largest absolute Gasteiger partial charge is 0.329 e. The van der Waals surface area contributed by atoms with Gasteiger partial charge >= 0.3 is 5.69 Å². The fourth-order valence-corrected chi connectivity index (χ4v) is 5.39. The lowest BCUT2D eigenvalue weighted by Crippen LogP contribution is -2.29. The third-order valence-corrected chi connectivity index (χ3v) is 7.30. The van der Waals surface area contributed by atoms with Crippen molar-refractivity contribution in [3.05, 3.63) is 112 Å². The number of benzene rings is 3. The van der Waals surface area contributed by atoms with Crippen LogP contribution in [0.4, 0.5) is 0 Å². The molecule has 5 aromatic rings. The molecular weight excluding hydrogens is 472 g/mol. The molecule has 1 unspecified atom stereocenters. The van der Waals surface area contributed by atoms with Gasteiger partial charge in [0.05, 0.1) is 12.6 Å². The molecule has 7 nitrogen and oxygen atoms in total. The molecule has 0 amide bonds. The van der Waals surface area contributed by atoms with E-state index in [-0.39, 0.29) is 11.7 Å². The minimum absolute atomic E-state index is 0.0312. The summed E-state index contributed by atoms with van der Waals surface area (Å²) in [6.07, 6.45) is 7.75. The second kappa shape index (κ2) is 11.4. The molecular formula is C31H34N6O. The zero-order valence-corrected chi connectivity index (χ0v) is 22.3. The summed E-state index contributed by atoms with van der Waals surface area (Å²) in [5, 5.41) is 14.3. The van der Waals surface area contributed by atoms with Crippen LogP contribution in [0.2, 0.25) is 0 Å². The highest BCUT2D eigenvalue weighted by atomic mass is 16.1. The van der Waals surface area contributed by atoms with Gasteiger partial charge in [-0.2, -0.15) is 0 Å². The Balaban J connectivity index is 1.43. The average molecular weight is 507 g/mol. The molecule has 0 aliphatic carbocycles. The number of aryl methyl sites for hydroxylation is 2. The highest BCUT2D eigenvalue weighted by molar-refractivity contribution is 5.80. The fraction of sp³-hybridized carbons (Fsp3) is 0.290. The number of aromatic amines is 1.